The quantitative estimate of drug-likeness (QED) is 0.678. The van der Waals surface area contributed by atoms with E-state index in [0.29, 0.717) is 12.8 Å². The second-order valence-corrected chi connectivity index (χ2v) is 5.13. The summed E-state index contributed by atoms with van der Waals surface area (Å²) < 4.78 is 5.11. The topological polar surface area (TPSA) is 46.5 Å². The second kappa shape index (κ2) is 4.67. The van der Waals surface area contributed by atoms with Crippen LogP contribution in [0.1, 0.15) is 24.8 Å². The van der Waals surface area contributed by atoms with Gasteiger partial charge in [0.05, 0.1) is 6.42 Å². The van der Waals surface area contributed by atoms with Crippen molar-refractivity contribution >= 4 is 16.7 Å². The predicted molar refractivity (Wildman–Crippen MR) is 72.5 cm³/mol. The first kappa shape index (κ1) is 12.2. The maximum atomic E-state index is 11.8. The Kier molecular flexibility index (Phi) is 2.99. The van der Waals surface area contributed by atoms with Crippen LogP contribution in [0.5, 0.6) is 0 Å². The van der Waals surface area contributed by atoms with Crippen LogP contribution in [0.4, 0.5) is 0 Å². The van der Waals surface area contributed by atoms with Crippen molar-refractivity contribution in [3.63, 3.8) is 0 Å². The zero-order valence-electron chi connectivity index (χ0n) is 10.6. The Labute approximate surface area is 111 Å². The molecule has 0 aromatic heterocycles. The molecule has 19 heavy (non-hydrogen) atoms. The lowest BCUT2D eigenvalue weighted by atomic mass is 9.91. The van der Waals surface area contributed by atoms with Crippen molar-refractivity contribution in [2.75, 3.05) is 0 Å². The van der Waals surface area contributed by atoms with E-state index in [2.05, 4.69) is 0 Å². The van der Waals surface area contributed by atoms with Gasteiger partial charge in [-0.3, -0.25) is 4.79 Å². The summed E-state index contributed by atoms with van der Waals surface area (Å²) in [6.07, 6.45) is 2.22. The molecule has 98 valence electrons. The molecular weight excluding hydrogens is 240 g/mol. The van der Waals surface area contributed by atoms with E-state index in [1.807, 2.05) is 42.5 Å². The van der Waals surface area contributed by atoms with Crippen molar-refractivity contribution in [2.45, 2.75) is 31.5 Å². The lowest BCUT2D eigenvalue weighted by Gasteiger charge is -2.35. The number of aliphatic hydroxyl groups is 1. The first-order valence-electron chi connectivity index (χ1n) is 6.57. The van der Waals surface area contributed by atoms with Crippen LogP contribution in [0, 0.1) is 0 Å². The summed E-state index contributed by atoms with van der Waals surface area (Å²) in [5.41, 5.74) is 0.909. The van der Waals surface area contributed by atoms with E-state index in [0.717, 1.165) is 22.8 Å². The third-order valence-electron chi connectivity index (χ3n) is 3.60. The first-order chi connectivity index (χ1) is 9.15. The van der Waals surface area contributed by atoms with Gasteiger partial charge in [0.15, 0.2) is 0 Å². The number of rotatable bonds is 3. The van der Waals surface area contributed by atoms with Gasteiger partial charge in [-0.1, -0.05) is 42.5 Å². The molecule has 1 aliphatic rings. The number of carbonyl (C=O) groups is 1. The van der Waals surface area contributed by atoms with Crippen LogP contribution in [-0.2, 0) is 16.0 Å². The Morgan fingerprint density at radius 2 is 1.89 bits per heavy atom. The maximum Gasteiger partial charge on any atom is 0.312 e. The number of fused-ring (bicyclic) bond motifs is 1. The molecule has 1 N–H and O–H groups in total. The highest BCUT2D eigenvalue weighted by molar-refractivity contribution is 5.84. The van der Waals surface area contributed by atoms with Gasteiger partial charge < -0.3 is 9.84 Å². The van der Waals surface area contributed by atoms with Crippen molar-refractivity contribution in [3.05, 3.63) is 48.0 Å². The van der Waals surface area contributed by atoms with Gasteiger partial charge in [0.25, 0.3) is 0 Å². The fourth-order valence-electron chi connectivity index (χ4n) is 2.34. The van der Waals surface area contributed by atoms with E-state index >= 15 is 0 Å². The van der Waals surface area contributed by atoms with Gasteiger partial charge in [-0.05, 0) is 22.8 Å². The van der Waals surface area contributed by atoms with Gasteiger partial charge in [-0.25, -0.2) is 0 Å². The minimum Gasteiger partial charge on any atom is -0.433 e. The maximum absolute atomic E-state index is 11.8. The van der Waals surface area contributed by atoms with Crippen molar-refractivity contribution in [1.29, 1.82) is 0 Å². The summed E-state index contributed by atoms with van der Waals surface area (Å²) in [7, 11) is 0. The van der Waals surface area contributed by atoms with Gasteiger partial charge in [-0.2, -0.15) is 0 Å². The average Bonchev–Trinajstić information content (AvgIpc) is 2.36. The van der Waals surface area contributed by atoms with Crippen LogP contribution >= 0.6 is 0 Å². The minimum atomic E-state index is -1.20. The summed E-state index contributed by atoms with van der Waals surface area (Å²) in [6, 6.07) is 13.9. The molecule has 0 unspecified atom stereocenters. The molecule has 0 amide bonds. The van der Waals surface area contributed by atoms with E-state index in [9.17, 15) is 9.90 Å². The van der Waals surface area contributed by atoms with Crippen molar-refractivity contribution < 1.29 is 14.6 Å². The smallest absolute Gasteiger partial charge is 0.312 e. The number of benzene rings is 2. The molecule has 1 fully saturated rings. The standard InChI is InChI=1S/C16H16O3/c17-15(19-16(18)8-3-9-16)11-12-6-7-13-4-1-2-5-14(13)10-12/h1-2,4-7,10,18H,3,8-9,11H2. The first-order valence-corrected chi connectivity index (χ1v) is 6.57. The number of hydrogen-bond donors (Lipinski definition) is 1. The molecular formula is C16H16O3. The predicted octanol–water partition coefficient (Wildman–Crippen LogP) is 2.80. The molecule has 1 saturated carbocycles. The normalized spacial score (nSPS) is 16.9. The molecule has 3 rings (SSSR count). The summed E-state index contributed by atoms with van der Waals surface area (Å²) >= 11 is 0. The van der Waals surface area contributed by atoms with Gasteiger partial charge >= 0.3 is 5.97 Å². The van der Waals surface area contributed by atoms with E-state index in [4.69, 9.17) is 4.74 Å². The van der Waals surface area contributed by atoms with Gasteiger partial charge in [0.2, 0.25) is 5.79 Å². The molecule has 0 heterocycles. The highest BCUT2D eigenvalue weighted by Gasteiger charge is 2.38. The summed E-state index contributed by atoms with van der Waals surface area (Å²) in [5, 5.41) is 12.0. The van der Waals surface area contributed by atoms with Crippen LogP contribution in [0.2, 0.25) is 0 Å². The molecule has 0 aliphatic heterocycles. The number of ether oxygens (including phenoxy) is 1. The van der Waals surface area contributed by atoms with E-state index in [1.165, 1.54) is 0 Å². The number of carbonyl (C=O) groups excluding carboxylic acids is 1. The molecule has 0 atom stereocenters. The Hall–Kier alpha value is -1.87. The zero-order valence-corrected chi connectivity index (χ0v) is 10.6. The zero-order chi connectivity index (χ0) is 13.3. The van der Waals surface area contributed by atoms with E-state index in [1.54, 1.807) is 0 Å². The summed E-state index contributed by atoms with van der Waals surface area (Å²) in [5.74, 6) is -1.56. The van der Waals surface area contributed by atoms with Crippen molar-refractivity contribution in [3.8, 4) is 0 Å². The Balaban J connectivity index is 1.72. The lowest BCUT2D eigenvalue weighted by Crippen LogP contribution is -2.41. The molecule has 1 aliphatic carbocycles. The average molecular weight is 256 g/mol. The molecule has 0 spiro atoms. The molecule has 3 nitrogen and oxygen atoms in total. The molecule has 0 saturated heterocycles. The molecule has 0 bridgehead atoms. The van der Waals surface area contributed by atoms with Crippen LogP contribution in [-0.4, -0.2) is 16.9 Å². The van der Waals surface area contributed by atoms with Gasteiger partial charge in [0, 0.05) is 12.8 Å². The highest BCUT2D eigenvalue weighted by atomic mass is 16.7. The van der Waals surface area contributed by atoms with Crippen LogP contribution in [0.25, 0.3) is 10.8 Å². The SMILES string of the molecule is O=C(Cc1ccc2ccccc2c1)OC1(O)CCC1. The van der Waals surface area contributed by atoms with Gasteiger partial charge in [-0.15, -0.1) is 0 Å². The van der Waals surface area contributed by atoms with E-state index < -0.39 is 5.79 Å². The summed E-state index contributed by atoms with van der Waals surface area (Å²) in [6.45, 7) is 0. The number of esters is 1. The second-order valence-electron chi connectivity index (χ2n) is 5.13. The lowest BCUT2D eigenvalue weighted by molar-refractivity contribution is -0.238. The monoisotopic (exact) mass is 256 g/mol. The van der Waals surface area contributed by atoms with Gasteiger partial charge in [0.1, 0.15) is 0 Å². The van der Waals surface area contributed by atoms with Crippen molar-refractivity contribution in [1.82, 2.24) is 0 Å². The minimum absolute atomic E-state index is 0.202. The van der Waals surface area contributed by atoms with Crippen LogP contribution in [0.3, 0.4) is 0 Å². The third-order valence-corrected chi connectivity index (χ3v) is 3.60. The van der Waals surface area contributed by atoms with Crippen LogP contribution in [0.15, 0.2) is 42.5 Å². The Morgan fingerprint density at radius 3 is 2.58 bits per heavy atom. The van der Waals surface area contributed by atoms with E-state index in [-0.39, 0.29) is 12.4 Å². The Bertz CT molecular complexity index is 614. The van der Waals surface area contributed by atoms with Crippen molar-refractivity contribution in [2.24, 2.45) is 0 Å². The largest absolute Gasteiger partial charge is 0.433 e. The highest BCUT2D eigenvalue weighted by Crippen LogP contribution is 2.33. The molecule has 3 heteroatoms. The van der Waals surface area contributed by atoms with Crippen LogP contribution < -0.4 is 0 Å². The summed E-state index contributed by atoms with van der Waals surface area (Å²) in [4.78, 5) is 11.8. The number of hydrogen-bond acceptors (Lipinski definition) is 3. The Morgan fingerprint density at radius 1 is 1.16 bits per heavy atom. The molecule has 2 aromatic carbocycles. The fourth-order valence-corrected chi connectivity index (χ4v) is 2.34. The fraction of sp³-hybridized carbons (Fsp3) is 0.312. The molecule has 0 radical (unpaired) electrons. The molecule has 2 aromatic rings. The third kappa shape index (κ3) is 2.61.